The first-order chi connectivity index (χ1) is 15.5. The molecular formula is C26H29N3O2S. The van der Waals surface area contributed by atoms with Crippen LogP contribution in [0.2, 0.25) is 0 Å². The van der Waals surface area contributed by atoms with E-state index in [9.17, 15) is 9.59 Å². The first-order valence-electron chi connectivity index (χ1n) is 11.2. The number of pyridine rings is 1. The van der Waals surface area contributed by atoms with Gasteiger partial charge in [-0.05, 0) is 67.0 Å². The van der Waals surface area contributed by atoms with E-state index in [4.69, 9.17) is 0 Å². The van der Waals surface area contributed by atoms with Crippen molar-refractivity contribution in [3.63, 3.8) is 0 Å². The highest BCUT2D eigenvalue weighted by atomic mass is 32.1. The van der Waals surface area contributed by atoms with E-state index in [1.165, 1.54) is 0 Å². The predicted octanol–water partition coefficient (Wildman–Crippen LogP) is 5.14. The average molecular weight is 448 g/mol. The second kappa shape index (κ2) is 10.1. The molecule has 1 fully saturated rings. The van der Waals surface area contributed by atoms with Gasteiger partial charge in [0.25, 0.3) is 0 Å². The molecule has 1 aliphatic rings. The van der Waals surface area contributed by atoms with Crippen molar-refractivity contribution in [2.75, 3.05) is 4.90 Å². The van der Waals surface area contributed by atoms with Crippen molar-refractivity contribution in [1.29, 1.82) is 0 Å². The quantitative estimate of drug-likeness (QED) is 0.546. The zero-order valence-corrected chi connectivity index (χ0v) is 19.4. The number of thiophene rings is 1. The van der Waals surface area contributed by atoms with Crippen LogP contribution in [0.1, 0.15) is 53.3 Å². The first-order valence-corrected chi connectivity index (χ1v) is 12.0. The van der Waals surface area contributed by atoms with Crippen molar-refractivity contribution in [2.24, 2.45) is 0 Å². The smallest absolute Gasteiger partial charge is 0.248 e. The van der Waals surface area contributed by atoms with Gasteiger partial charge in [-0.3, -0.25) is 19.5 Å². The number of aromatic nitrogens is 1. The van der Waals surface area contributed by atoms with Gasteiger partial charge in [0.2, 0.25) is 11.8 Å². The summed E-state index contributed by atoms with van der Waals surface area (Å²) in [6.45, 7) is 3.98. The number of carbonyl (C=O) groups excluding carboxylic acids is 2. The highest BCUT2D eigenvalue weighted by Crippen LogP contribution is 2.34. The van der Waals surface area contributed by atoms with Crippen LogP contribution < -0.4 is 10.2 Å². The number of rotatable bonds is 7. The van der Waals surface area contributed by atoms with E-state index in [2.05, 4.69) is 10.3 Å². The van der Waals surface area contributed by atoms with Crippen LogP contribution in [-0.4, -0.2) is 22.8 Å². The molecule has 0 bridgehead atoms. The number of para-hydroxylation sites is 1. The number of hydrogen-bond donors (Lipinski definition) is 1. The predicted molar refractivity (Wildman–Crippen MR) is 129 cm³/mol. The lowest BCUT2D eigenvalue weighted by Crippen LogP contribution is -2.47. The molecule has 0 spiro atoms. The minimum Gasteiger partial charge on any atom is -0.351 e. The zero-order chi connectivity index (χ0) is 22.5. The molecule has 2 aromatic heterocycles. The summed E-state index contributed by atoms with van der Waals surface area (Å²) in [7, 11) is 0. The van der Waals surface area contributed by atoms with Gasteiger partial charge >= 0.3 is 0 Å². The van der Waals surface area contributed by atoms with E-state index in [0.717, 1.165) is 52.9 Å². The van der Waals surface area contributed by atoms with Gasteiger partial charge in [0.15, 0.2) is 0 Å². The second-order valence-electron chi connectivity index (χ2n) is 8.43. The molecule has 1 aliphatic carbocycles. The third-order valence-electron chi connectivity index (χ3n) is 6.08. The number of carbonyl (C=O) groups is 2. The van der Waals surface area contributed by atoms with Crippen LogP contribution in [0.5, 0.6) is 0 Å². The lowest BCUT2D eigenvalue weighted by atomic mass is 9.99. The van der Waals surface area contributed by atoms with Crippen molar-refractivity contribution in [3.8, 4) is 0 Å². The normalized spacial score (nSPS) is 14.8. The van der Waals surface area contributed by atoms with Crippen LogP contribution >= 0.6 is 11.3 Å². The summed E-state index contributed by atoms with van der Waals surface area (Å²) in [5.74, 6) is -0.224. The molecule has 3 aromatic rings. The summed E-state index contributed by atoms with van der Waals surface area (Å²) < 4.78 is 0. The lowest BCUT2D eigenvalue weighted by molar-refractivity contribution is -0.127. The van der Waals surface area contributed by atoms with Gasteiger partial charge in [0.1, 0.15) is 6.04 Å². The maximum atomic E-state index is 13.8. The Morgan fingerprint density at radius 2 is 1.75 bits per heavy atom. The Balaban J connectivity index is 1.79. The molecular weight excluding hydrogens is 418 g/mol. The minimum absolute atomic E-state index is 0.0896. The van der Waals surface area contributed by atoms with Crippen LogP contribution in [0.3, 0.4) is 0 Å². The molecule has 2 amide bonds. The molecule has 5 nitrogen and oxygen atoms in total. The summed E-state index contributed by atoms with van der Waals surface area (Å²) in [5.41, 5.74) is 3.50. The third-order valence-corrected chi connectivity index (χ3v) is 6.96. The van der Waals surface area contributed by atoms with Crippen molar-refractivity contribution < 1.29 is 9.59 Å². The summed E-state index contributed by atoms with van der Waals surface area (Å²) in [6.07, 6.45) is 7.84. The van der Waals surface area contributed by atoms with Crippen LogP contribution in [-0.2, 0) is 16.0 Å². The number of hydrogen-bond acceptors (Lipinski definition) is 4. The number of amides is 2. The monoisotopic (exact) mass is 447 g/mol. The van der Waals surface area contributed by atoms with Crippen molar-refractivity contribution in [3.05, 3.63) is 81.8 Å². The Labute approximate surface area is 193 Å². The molecule has 6 heteroatoms. The Morgan fingerprint density at radius 1 is 1.06 bits per heavy atom. The number of nitrogens with zero attached hydrogens (tertiary/aromatic N) is 2. The van der Waals surface area contributed by atoms with Gasteiger partial charge in [-0.2, -0.15) is 0 Å². The van der Waals surface area contributed by atoms with Gasteiger partial charge in [-0.25, -0.2) is 0 Å². The molecule has 2 heterocycles. The average Bonchev–Trinajstić information content (AvgIpc) is 3.48. The molecule has 0 aliphatic heterocycles. The molecule has 32 heavy (non-hydrogen) atoms. The lowest BCUT2D eigenvalue weighted by Gasteiger charge is -2.34. The van der Waals surface area contributed by atoms with Gasteiger partial charge in [0.05, 0.1) is 12.1 Å². The third kappa shape index (κ3) is 4.91. The molecule has 1 N–H and O–H groups in total. The summed E-state index contributed by atoms with van der Waals surface area (Å²) in [5, 5.41) is 5.20. The number of nitrogens with one attached hydrogen (secondary N) is 1. The van der Waals surface area contributed by atoms with E-state index in [0.29, 0.717) is 0 Å². The molecule has 1 unspecified atom stereocenters. The molecule has 166 valence electrons. The molecule has 0 saturated heterocycles. The fourth-order valence-electron chi connectivity index (χ4n) is 4.54. The Hall–Kier alpha value is -2.99. The van der Waals surface area contributed by atoms with Crippen LogP contribution in [0.4, 0.5) is 5.69 Å². The molecule has 1 saturated carbocycles. The first kappa shape index (κ1) is 22.2. The van der Waals surface area contributed by atoms with E-state index in [-0.39, 0.29) is 24.3 Å². The highest BCUT2D eigenvalue weighted by molar-refractivity contribution is 7.10. The van der Waals surface area contributed by atoms with Crippen LogP contribution in [0.25, 0.3) is 0 Å². The van der Waals surface area contributed by atoms with Gasteiger partial charge in [-0.15, -0.1) is 11.3 Å². The van der Waals surface area contributed by atoms with Crippen molar-refractivity contribution in [2.45, 2.75) is 58.0 Å². The number of benzene rings is 1. The van der Waals surface area contributed by atoms with E-state index in [1.54, 1.807) is 28.6 Å². The van der Waals surface area contributed by atoms with Gasteiger partial charge in [-0.1, -0.05) is 37.1 Å². The summed E-state index contributed by atoms with van der Waals surface area (Å²) in [6, 6.07) is 12.9. The minimum atomic E-state index is -0.758. The highest BCUT2D eigenvalue weighted by Gasteiger charge is 2.35. The van der Waals surface area contributed by atoms with E-state index in [1.807, 2.05) is 61.7 Å². The summed E-state index contributed by atoms with van der Waals surface area (Å²) >= 11 is 1.56. The van der Waals surface area contributed by atoms with Gasteiger partial charge in [0, 0.05) is 23.3 Å². The van der Waals surface area contributed by atoms with Crippen LogP contribution in [0.15, 0.2) is 60.2 Å². The van der Waals surface area contributed by atoms with E-state index < -0.39 is 6.04 Å². The zero-order valence-electron chi connectivity index (χ0n) is 18.6. The maximum Gasteiger partial charge on any atom is 0.248 e. The fraction of sp³-hybridized carbons (Fsp3) is 0.346. The van der Waals surface area contributed by atoms with Crippen molar-refractivity contribution >= 4 is 28.8 Å². The standard InChI is InChI=1S/C26H29N3O2S/c1-18-7-5-8-19(2)24(18)29(23(30)17-22-11-6-16-32-22)25(20-12-14-27-15-13-20)26(31)28-21-9-3-4-10-21/h5-8,11-16,21,25H,3-4,9-10,17H2,1-2H3,(H,28,31). The summed E-state index contributed by atoms with van der Waals surface area (Å²) in [4.78, 5) is 34.4. The number of anilines is 1. The number of aryl methyl sites for hydroxylation is 2. The Kier molecular flexibility index (Phi) is 7.00. The van der Waals surface area contributed by atoms with Crippen molar-refractivity contribution in [1.82, 2.24) is 10.3 Å². The van der Waals surface area contributed by atoms with Crippen LogP contribution in [0, 0.1) is 13.8 Å². The Morgan fingerprint density at radius 3 is 2.38 bits per heavy atom. The second-order valence-corrected chi connectivity index (χ2v) is 9.47. The van der Waals surface area contributed by atoms with E-state index >= 15 is 0 Å². The largest absolute Gasteiger partial charge is 0.351 e. The molecule has 4 rings (SSSR count). The van der Waals surface area contributed by atoms with Gasteiger partial charge < -0.3 is 5.32 Å². The molecule has 1 atom stereocenters. The maximum absolute atomic E-state index is 13.8. The fourth-order valence-corrected chi connectivity index (χ4v) is 5.24. The Bertz CT molecular complexity index is 1040. The SMILES string of the molecule is Cc1cccc(C)c1N(C(=O)Cc1cccs1)C(C(=O)NC1CCCC1)c1ccncc1. The topological polar surface area (TPSA) is 62.3 Å². The molecule has 0 radical (unpaired) electrons. The molecule has 1 aromatic carbocycles.